The number of benzene rings is 1. The zero-order chi connectivity index (χ0) is 14.7. The maximum atomic E-state index is 8.74. The zero-order valence-corrected chi connectivity index (χ0v) is 13.5. The van der Waals surface area contributed by atoms with Crippen molar-refractivity contribution < 1.29 is 5.21 Å². The number of anilines is 1. The number of hydrogen-bond donors (Lipinski definition) is 2. The molecular formula is C14H21BrN4O. The van der Waals surface area contributed by atoms with Crippen molar-refractivity contribution in [2.24, 2.45) is 10.9 Å². The average Bonchev–Trinajstić information content (AvgIpc) is 2.46. The number of oxime groups is 1. The van der Waals surface area contributed by atoms with Crippen LogP contribution in [0.15, 0.2) is 27.8 Å². The summed E-state index contributed by atoms with van der Waals surface area (Å²) >= 11 is 3.48. The SMILES string of the molecule is CN(C)C1CCN(c2ccc(/C(N)=N/O)c(Br)c2)CC1. The Balaban J connectivity index is 2.10. The highest BCUT2D eigenvalue weighted by atomic mass is 79.9. The Kier molecular flexibility index (Phi) is 4.88. The Morgan fingerprint density at radius 3 is 2.55 bits per heavy atom. The molecule has 0 saturated carbocycles. The number of nitrogens with two attached hydrogens (primary N) is 1. The number of nitrogens with zero attached hydrogens (tertiary/aromatic N) is 3. The van der Waals surface area contributed by atoms with E-state index in [0.717, 1.165) is 17.6 Å². The van der Waals surface area contributed by atoms with Gasteiger partial charge in [-0.1, -0.05) is 5.16 Å². The fourth-order valence-corrected chi connectivity index (χ4v) is 3.17. The van der Waals surface area contributed by atoms with Crippen LogP contribution in [0, 0.1) is 0 Å². The van der Waals surface area contributed by atoms with E-state index in [-0.39, 0.29) is 5.84 Å². The van der Waals surface area contributed by atoms with Gasteiger partial charge in [0, 0.05) is 34.9 Å². The van der Waals surface area contributed by atoms with Crippen molar-refractivity contribution in [1.29, 1.82) is 0 Å². The van der Waals surface area contributed by atoms with Gasteiger partial charge in [0.05, 0.1) is 0 Å². The van der Waals surface area contributed by atoms with Crippen molar-refractivity contribution in [2.75, 3.05) is 32.1 Å². The van der Waals surface area contributed by atoms with E-state index in [1.165, 1.54) is 18.5 Å². The van der Waals surface area contributed by atoms with Gasteiger partial charge in [-0.15, -0.1) is 0 Å². The molecule has 6 heteroatoms. The van der Waals surface area contributed by atoms with Crippen molar-refractivity contribution in [3.05, 3.63) is 28.2 Å². The summed E-state index contributed by atoms with van der Waals surface area (Å²) in [5, 5.41) is 11.8. The Morgan fingerprint density at radius 1 is 1.40 bits per heavy atom. The predicted molar refractivity (Wildman–Crippen MR) is 85.6 cm³/mol. The average molecular weight is 341 g/mol. The van der Waals surface area contributed by atoms with Crippen molar-refractivity contribution in [3.8, 4) is 0 Å². The minimum Gasteiger partial charge on any atom is -0.409 e. The van der Waals surface area contributed by atoms with E-state index < -0.39 is 0 Å². The molecule has 1 fully saturated rings. The molecule has 0 spiro atoms. The van der Waals surface area contributed by atoms with Gasteiger partial charge >= 0.3 is 0 Å². The van der Waals surface area contributed by atoms with E-state index in [9.17, 15) is 0 Å². The van der Waals surface area contributed by atoms with Gasteiger partial charge in [-0.05, 0) is 61.1 Å². The highest BCUT2D eigenvalue weighted by Gasteiger charge is 2.21. The van der Waals surface area contributed by atoms with Gasteiger partial charge in [-0.25, -0.2) is 0 Å². The van der Waals surface area contributed by atoms with Crippen LogP contribution in [-0.2, 0) is 0 Å². The van der Waals surface area contributed by atoms with Crippen LogP contribution in [0.2, 0.25) is 0 Å². The number of hydrogen-bond acceptors (Lipinski definition) is 4. The fourth-order valence-electron chi connectivity index (χ4n) is 2.60. The highest BCUT2D eigenvalue weighted by Crippen LogP contribution is 2.27. The van der Waals surface area contributed by atoms with Gasteiger partial charge in [0.25, 0.3) is 0 Å². The molecule has 1 aliphatic rings. The molecule has 1 aliphatic heterocycles. The molecule has 20 heavy (non-hydrogen) atoms. The summed E-state index contributed by atoms with van der Waals surface area (Å²) in [6.07, 6.45) is 2.35. The summed E-state index contributed by atoms with van der Waals surface area (Å²) in [5.74, 6) is 0.120. The quantitative estimate of drug-likeness (QED) is 0.382. The molecule has 1 aromatic rings. The van der Waals surface area contributed by atoms with Gasteiger partial charge in [0.2, 0.25) is 0 Å². The van der Waals surface area contributed by atoms with Crippen molar-refractivity contribution >= 4 is 27.5 Å². The smallest absolute Gasteiger partial charge is 0.171 e. The van der Waals surface area contributed by atoms with Gasteiger partial charge < -0.3 is 20.7 Å². The van der Waals surface area contributed by atoms with Crippen LogP contribution in [-0.4, -0.2) is 49.2 Å². The minimum absolute atomic E-state index is 0.120. The summed E-state index contributed by atoms with van der Waals surface area (Å²) < 4.78 is 0.847. The van der Waals surface area contributed by atoms with E-state index in [1.54, 1.807) is 0 Å². The summed E-state index contributed by atoms with van der Waals surface area (Å²) in [4.78, 5) is 4.68. The Bertz CT molecular complexity index is 496. The van der Waals surface area contributed by atoms with Crippen LogP contribution >= 0.6 is 15.9 Å². The molecule has 0 aliphatic carbocycles. The first-order valence-corrected chi connectivity index (χ1v) is 7.51. The Morgan fingerprint density at radius 2 is 2.05 bits per heavy atom. The van der Waals surface area contributed by atoms with Crippen LogP contribution in [0.25, 0.3) is 0 Å². The molecule has 0 atom stereocenters. The second-order valence-corrected chi connectivity index (χ2v) is 6.19. The van der Waals surface area contributed by atoms with Crippen molar-refractivity contribution in [3.63, 3.8) is 0 Å². The molecule has 110 valence electrons. The summed E-state index contributed by atoms with van der Waals surface area (Å²) in [7, 11) is 4.28. The molecule has 0 aromatic heterocycles. The number of halogens is 1. The van der Waals surface area contributed by atoms with E-state index in [2.05, 4.69) is 45.0 Å². The molecule has 2 rings (SSSR count). The molecule has 3 N–H and O–H groups in total. The largest absolute Gasteiger partial charge is 0.409 e. The summed E-state index contributed by atoms with van der Waals surface area (Å²) in [5.41, 5.74) is 7.50. The molecule has 1 aromatic carbocycles. The lowest BCUT2D eigenvalue weighted by molar-refractivity contribution is 0.249. The molecule has 1 heterocycles. The fraction of sp³-hybridized carbons (Fsp3) is 0.500. The van der Waals surface area contributed by atoms with Crippen LogP contribution in [0.4, 0.5) is 5.69 Å². The van der Waals surface area contributed by atoms with Gasteiger partial charge in [-0.3, -0.25) is 0 Å². The lowest BCUT2D eigenvalue weighted by atomic mass is 10.0. The molecule has 0 amide bonds. The van der Waals surface area contributed by atoms with Gasteiger partial charge in [0.1, 0.15) is 0 Å². The maximum absolute atomic E-state index is 8.74. The van der Waals surface area contributed by atoms with Crippen LogP contribution < -0.4 is 10.6 Å². The number of amidine groups is 1. The third-order valence-electron chi connectivity index (χ3n) is 3.90. The minimum atomic E-state index is 0.120. The third-order valence-corrected chi connectivity index (χ3v) is 4.55. The topological polar surface area (TPSA) is 65.1 Å². The van der Waals surface area contributed by atoms with Crippen molar-refractivity contribution in [1.82, 2.24) is 4.90 Å². The van der Waals surface area contributed by atoms with Crippen LogP contribution in [0.1, 0.15) is 18.4 Å². The molecular weight excluding hydrogens is 320 g/mol. The van der Waals surface area contributed by atoms with E-state index >= 15 is 0 Å². The van der Waals surface area contributed by atoms with E-state index in [1.807, 2.05) is 18.2 Å². The highest BCUT2D eigenvalue weighted by molar-refractivity contribution is 9.10. The van der Waals surface area contributed by atoms with Crippen LogP contribution in [0.5, 0.6) is 0 Å². The monoisotopic (exact) mass is 340 g/mol. The Hall–Kier alpha value is -1.27. The second kappa shape index (κ2) is 6.45. The number of piperidine rings is 1. The Labute approximate surface area is 128 Å². The molecule has 1 saturated heterocycles. The molecule has 0 radical (unpaired) electrons. The lowest BCUT2D eigenvalue weighted by Gasteiger charge is -2.36. The molecule has 0 unspecified atom stereocenters. The first-order valence-electron chi connectivity index (χ1n) is 6.71. The lowest BCUT2D eigenvalue weighted by Crippen LogP contribution is -2.42. The standard InChI is InChI=1S/C14H21BrN4O/c1-18(2)10-5-7-19(8-6-10)11-3-4-12(13(15)9-11)14(16)17-20/h3-4,9-10,20H,5-8H2,1-2H3,(H2,16,17). The van der Waals surface area contributed by atoms with E-state index in [4.69, 9.17) is 10.9 Å². The van der Waals surface area contributed by atoms with E-state index in [0.29, 0.717) is 11.6 Å². The molecule has 0 bridgehead atoms. The van der Waals surface area contributed by atoms with Gasteiger partial charge in [-0.2, -0.15) is 0 Å². The maximum Gasteiger partial charge on any atom is 0.171 e. The second-order valence-electron chi connectivity index (χ2n) is 5.33. The zero-order valence-electron chi connectivity index (χ0n) is 11.9. The predicted octanol–water partition coefficient (Wildman–Crippen LogP) is 2.07. The number of rotatable bonds is 3. The normalized spacial score (nSPS) is 17.8. The summed E-state index contributed by atoms with van der Waals surface area (Å²) in [6, 6.07) is 6.61. The molecule has 5 nitrogen and oxygen atoms in total. The third kappa shape index (κ3) is 3.24. The summed E-state index contributed by atoms with van der Waals surface area (Å²) in [6.45, 7) is 2.11. The van der Waals surface area contributed by atoms with Crippen molar-refractivity contribution in [2.45, 2.75) is 18.9 Å². The first kappa shape index (κ1) is 15.1. The van der Waals surface area contributed by atoms with Gasteiger partial charge in [0.15, 0.2) is 5.84 Å². The first-order chi connectivity index (χ1) is 9.52. The van der Waals surface area contributed by atoms with Crippen LogP contribution in [0.3, 0.4) is 0 Å².